The maximum atomic E-state index is 5.74. The van der Waals surface area contributed by atoms with Crippen molar-refractivity contribution in [3.63, 3.8) is 0 Å². The standard InChI is InChI=1S/C10H18O/c1-7-3-4-9-8(2)6-11-10(9)5-7/h7-10H,3-6H2,1-2H3/t7-,8+,9+,10+/m0/s1. The summed E-state index contributed by atoms with van der Waals surface area (Å²) >= 11 is 0. The summed E-state index contributed by atoms with van der Waals surface area (Å²) in [5.41, 5.74) is 0. The molecule has 0 spiro atoms. The highest BCUT2D eigenvalue weighted by Crippen LogP contribution is 2.39. The van der Waals surface area contributed by atoms with Crippen molar-refractivity contribution in [2.45, 2.75) is 39.2 Å². The number of hydrogen-bond donors (Lipinski definition) is 0. The Balaban J connectivity index is 2.00. The van der Waals surface area contributed by atoms with Gasteiger partial charge in [0, 0.05) is 6.61 Å². The molecule has 0 unspecified atom stereocenters. The smallest absolute Gasteiger partial charge is 0.0609 e. The Labute approximate surface area is 69.1 Å². The molecule has 2 aliphatic rings. The second kappa shape index (κ2) is 2.78. The second-order valence-electron chi connectivity index (χ2n) is 4.43. The monoisotopic (exact) mass is 154 g/mol. The van der Waals surface area contributed by atoms with Crippen LogP contribution in [0.1, 0.15) is 33.1 Å². The van der Waals surface area contributed by atoms with E-state index in [0.717, 1.165) is 24.4 Å². The molecule has 1 saturated heterocycles. The molecule has 1 nitrogen and oxygen atoms in total. The first-order valence-electron chi connectivity index (χ1n) is 4.89. The fraction of sp³-hybridized carbons (Fsp3) is 1.00. The number of hydrogen-bond acceptors (Lipinski definition) is 1. The van der Waals surface area contributed by atoms with Crippen LogP contribution in [0.25, 0.3) is 0 Å². The molecule has 1 aliphatic heterocycles. The molecule has 0 bridgehead atoms. The van der Waals surface area contributed by atoms with E-state index in [2.05, 4.69) is 13.8 Å². The van der Waals surface area contributed by atoms with E-state index in [1.165, 1.54) is 19.3 Å². The van der Waals surface area contributed by atoms with E-state index < -0.39 is 0 Å². The fourth-order valence-electron chi connectivity index (χ4n) is 2.59. The summed E-state index contributed by atoms with van der Waals surface area (Å²) < 4.78 is 5.74. The number of fused-ring (bicyclic) bond motifs is 1. The van der Waals surface area contributed by atoms with E-state index in [1.54, 1.807) is 0 Å². The van der Waals surface area contributed by atoms with Crippen LogP contribution in [0.15, 0.2) is 0 Å². The maximum absolute atomic E-state index is 5.74. The summed E-state index contributed by atoms with van der Waals surface area (Å²) in [5.74, 6) is 2.63. The van der Waals surface area contributed by atoms with Gasteiger partial charge in [-0.3, -0.25) is 0 Å². The summed E-state index contributed by atoms with van der Waals surface area (Å²) in [6, 6.07) is 0. The zero-order valence-electron chi connectivity index (χ0n) is 7.55. The van der Waals surface area contributed by atoms with Crippen LogP contribution < -0.4 is 0 Å². The van der Waals surface area contributed by atoms with Crippen LogP contribution in [-0.2, 0) is 4.74 Å². The predicted octanol–water partition coefficient (Wildman–Crippen LogP) is 2.46. The second-order valence-corrected chi connectivity index (χ2v) is 4.43. The molecule has 1 saturated carbocycles. The molecule has 0 radical (unpaired) electrons. The summed E-state index contributed by atoms with van der Waals surface area (Å²) in [6.07, 6.45) is 4.77. The Kier molecular flexibility index (Phi) is 1.92. The lowest BCUT2D eigenvalue weighted by molar-refractivity contribution is 0.0494. The molecular formula is C10H18O. The lowest BCUT2D eigenvalue weighted by atomic mass is 9.77. The van der Waals surface area contributed by atoms with Crippen LogP contribution in [0.3, 0.4) is 0 Å². The van der Waals surface area contributed by atoms with Gasteiger partial charge in [-0.25, -0.2) is 0 Å². The zero-order chi connectivity index (χ0) is 7.84. The Bertz CT molecular complexity index is 144. The SMILES string of the molecule is C[C@H]1CC[C@@H]2[C@H](C)CO[C@@H]2C1. The molecule has 0 aromatic heterocycles. The minimum atomic E-state index is 0.619. The van der Waals surface area contributed by atoms with Gasteiger partial charge in [-0.2, -0.15) is 0 Å². The van der Waals surface area contributed by atoms with Gasteiger partial charge >= 0.3 is 0 Å². The highest BCUT2D eigenvalue weighted by atomic mass is 16.5. The average Bonchev–Trinajstić information content (AvgIpc) is 2.32. The van der Waals surface area contributed by atoms with E-state index in [9.17, 15) is 0 Å². The van der Waals surface area contributed by atoms with Crippen molar-refractivity contribution >= 4 is 0 Å². The third-order valence-electron chi connectivity index (χ3n) is 3.41. The van der Waals surface area contributed by atoms with E-state index >= 15 is 0 Å². The van der Waals surface area contributed by atoms with Gasteiger partial charge in [-0.15, -0.1) is 0 Å². The Morgan fingerprint density at radius 1 is 1.18 bits per heavy atom. The molecule has 0 aromatic carbocycles. The third-order valence-corrected chi connectivity index (χ3v) is 3.41. The lowest BCUT2D eigenvalue weighted by Crippen LogP contribution is -2.27. The quantitative estimate of drug-likeness (QED) is 0.521. The molecule has 1 aliphatic carbocycles. The molecule has 1 heteroatoms. The highest BCUT2D eigenvalue weighted by Gasteiger charge is 2.37. The molecule has 1 heterocycles. The van der Waals surface area contributed by atoms with Crippen molar-refractivity contribution in [1.82, 2.24) is 0 Å². The van der Waals surface area contributed by atoms with Gasteiger partial charge in [0.15, 0.2) is 0 Å². The first kappa shape index (κ1) is 7.60. The van der Waals surface area contributed by atoms with Gasteiger partial charge in [-0.1, -0.05) is 20.3 Å². The van der Waals surface area contributed by atoms with E-state index in [-0.39, 0.29) is 0 Å². The maximum Gasteiger partial charge on any atom is 0.0609 e. The van der Waals surface area contributed by atoms with Crippen LogP contribution in [0, 0.1) is 17.8 Å². The minimum absolute atomic E-state index is 0.619. The summed E-state index contributed by atoms with van der Waals surface area (Å²) in [7, 11) is 0. The van der Waals surface area contributed by atoms with Crippen LogP contribution in [0.4, 0.5) is 0 Å². The van der Waals surface area contributed by atoms with Crippen molar-refractivity contribution < 1.29 is 4.74 Å². The van der Waals surface area contributed by atoms with Crippen molar-refractivity contribution in [3.05, 3.63) is 0 Å². The lowest BCUT2D eigenvalue weighted by Gasteiger charge is -2.30. The van der Waals surface area contributed by atoms with Gasteiger partial charge in [0.25, 0.3) is 0 Å². The van der Waals surface area contributed by atoms with E-state index in [4.69, 9.17) is 4.74 Å². The highest BCUT2D eigenvalue weighted by molar-refractivity contribution is 4.86. The van der Waals surface area contributed by atoms with Crippen molar-refractivity contribution in [2.75, 3.05) is 6.61 Å². The van der Waals surface area contributed by atoms with Crippen LogP contribution in [0.5, 0.6) is 0 Å². The molecule has 0 N–H and O–H groups in total. The van der Waals surface area contributed by atoms with Crippen molar-refractivity contribution in [3.8, 4) is 0 Å². The first-order chi connectivity index (χ1) is 5.27. The third kappa shape index (κ3) is 1.31. The molecule has 0 amide bonds. The van der Waals surface area contributed by atoms with Crippen LogP contribution >= 0.6 is 0 Å². The number of rotatable bonds is 0. The zero-order valence-corrected chi connectivity index (χ0v) is 7.55. The largest absolute Gasteiger partial charge is 0.378 e. The molecule has 64 valence electrons. The molecular weight excluding hydrogens is 136 g/mol. The minimum Gasteiger partial charge on any atom is -0.378 e. The van der Waals surface area contributed by atoms with Gasteiger partial charge in [0.1, 0.15) is 0 Å². The molecule has 4 atom stereocenters. The predicted molar refractivity (Wildman–Crippen MR) is 45.4 cm³/mol. The molecule has 0 aromatic rings. The van der Waals surface area contributed by atoms with Gasteiger partial charge in [0.05, 0.1) is 6.10 Å². The van der Waals surface area contributed by atoms with Gasteiger partial charge in [0.2, 0.25) is 0 Å². The Hall–Kier alpha value is -0.0400. The first-order valence-corrected chi connectivity index (χ1v) is 4.89. The van der Waals surface area contributed by atoms with E-state index in [0.29, 0.717) is 6.10 Å². The Morgan fingerprint density at radius 3 is 2.82 bits per heavy atom. The van der Waals surface area contributed by atoms with Crippen LogP contribution in [0.2, 0.25) is 0 Å². The number of ether oxygens (including phenoxy) is 1. The van der Waals surface area contributed by atoms with Crippen molar-refractivity contribution in [2.24, 2.45) is 17.8 Å². The fourth-order valence-corrected chi connectivity index (χ4v) is 2.59. The summed E-state index contributed by atoms with van der Waals surface area (Å²) in [5, 5.41) is 0. The van der Waals surface area contributed by atoms with Crippen LogP contribution in [-0.4, -0.2) is 12.7 Å². The molecule has 2 fully saturated rings. The topological polar surface area (TPSA) is 9.23 Å². The van der Waals surface area contributed by atoms with Gasteiger partial charge in [-0.05, 0) is 30.6 Å². The average molecular weight is 154 g/mol. The molecule has 2 rings (SSSR count). The Morgan fingerprint density at radius 2 is 2.00 bits per heavy atom. The summed E-state index contributed by atoms with van der Waals surface area (Å²) in [6.45, 7) is 5.70. The van der Waals surface area contributed by atoms with E-state index in [1.807, 2.05) is 0 Å². The van der Waals surface area contributed by atoms with Crippen molar-refractivity contribution in [1.29, 1.82) is 0 Å². The van der Waals surface area contributed by atoms with Gasteiger partial charge < -0.3 is 4.74 Å². The normalized spacial score (nSPS) is 50.7. The summed E-state index contributed by atoms with van der Waals surface area (Å²) in [4.78, 5) is 0. The molecule has 11 heavy (non-hydrogen) atoms.